The number of aliphatic imine (C=N–C) groups is 1. The minimum atomic E-state index is -0.299. The van der Waals surface area contributed by atoms with Crippen LogP contribution in [-0.2, 0) is 6.54 Å². The van der Waals surface area contributed by atoms with Gasteiger partial charge in [0, 0.05) is 24.2 Å². The molecule has 5 nitrogen and oxygen atoms in total. The average molecular weight is 308 g/mol. The van der Waals surface area contributed by atoms with Gasteiger partial charge in [-0.05, 0) is 31.2 Å². The van der Waals surface area contributed by atoms with E-state index < -0.39 is 0 Å². The second-order valence-electron chi connectivity index (χ2n) is 5.11. The Morgan fingerprint density at radius 3 is 2.65 bits per heavy atom. The van der Waals surface area contributed by atoms with Gasteiger partial charge in [0.25, 0.3) is 5.56 Å². The summed E-state index contributed by atoms with van der Waals surface area (Å²) in [5.74, 6) is 0.00700. The van der Waals surface area contributed by atoms with Crippen molar-refractivity contribution in [1.82, 2.24) is 4.57 Å². The van der Waals surface area contributed by atoms with Crippen molar-refractivity contribution in [3.05, 3.63) is 64.4 Å². The Hall–Kier alpha value is -3.08. The second kappa shape index (κ2) is 5.96. The minimum absolute atomic E-state index is 0.0841. The molecule has 0 radical (unpaired) electrons. The Morgan fingerprint density at radius 1 is 1.13 bits per heavy atom. The number of hydrogen-bond acceptors (Lipinski definition) is 4. The number of benzene rings is 2. The standard InChI is InChI=1S/C18H16N2O3/c1-2-20-16-9-4-3-8-14(16)17(22)15(18(20)23)11-19-12-6-5-7-13(21)10-12/h3-11,21-22H,2H2,1H3. The first-order valence-electron chi connectivity index (χ1n) is 7.29. The number of aromatic hydroxyl groups is 2. The van der Waals surface area contributed by atoms with Crippen LogP contribution in [0.3, 0.4) is 0 Å². The number of rotatable bonds is 3. The van der Waals surface area contributed by atoms with E-state index >= 15 is 0 Å². The van der Waals surface area contributed by atoms with E-state index in [0.29, 0.717) is 23.1 Å². The van der Waals surface area contributed by atoms with Crippen LogP contribution in [0.1, 0.15) is 12.5 Å². The molecule has 0 saturated carbocycles. The third-order valence-electron chi connectivity index (χ3n) is 3.67. The average Bonchev–Trinajstić information content (AvgIpc) is 2.55. The van der Waals surface area contributed by atoms with Crippen LogP contribution in [0.5, 0.6) is 11.5 Å². The Bertz CT molecular complexity index is 958. The maximum Gasteiger partial charge on any atom is 0.263 e. The van der Waals surface area contributed by atoms with Crippen LogP contribution < -0.4 is 5.56 Å². The van der Waals surface area contributed by atoms with Crippen molar-refractivity contribution >= 4 is 22.8 Å². The first-order chi connectivity index (χ1) is 11.1. The topological polar surface area (TPSA) is 74.8 Å². The highest BCUT2D eigenvalue weighted by Gasteiger charge is 2.13. The fraction of sp³-hybridized carbons (Fsp3) is 0.111. The number of para-hydroxylation sites is 1. The molecule has 0 amide bonds. The zero-order valence-corrected chi connectivity index (χ0v) is 12.6. The summed E-state index contributed by atoms with van der Waals surface area (Å²) in [5, 5.41) is 20.5. The summed E-state index contributed by atoms with van der Waals surface area (Å²) in [7, 11) is 0. The molecular formula is C18H16N2O3. The van der Waals surface area contributed by atoms with Crippen LogP contribution in [0.2, 0.25) is 0 Å². The zero-order chi connectivity index (χ0) is 16.4. The lowest BCUT2D eigenvalue weighted by atomic mass is 10.1. The summed E-state index contributed by atoms with van der Waals surface area (Å²) < 4.78 is 1.60. The molecule has 0 fully saturated rings. The highest BCUT2D eigenvalue weighted by molar-refractivity contribution is 5.95. The van der Waals surface area contributed by atoms with E-state index in [-0.39, 0.29) is 22.6 Å². The van der Waals surface area contributed by atoms with Gasteiger partial charge in [0.2, 0.25) is 0 Å². The molecule has 2 aromatic carbocycles. The van der Waals surface area contributed by atoms with Crippen molar-refractivity contribution in [3.8, 4) is 11.5 Å². The van der Waals surface area contributed by atoms with E-state index in [1.165, 1.54) is 18.3 Å². The van der Waals surface area contributed by atoms with Crippen molar-refractivity contribution in [2.24, 2.45) is 4.99 Å². The predicted molar refractivity (Wildman–Crippen MR) is 90.9 cm³/mol. The Morgan fingerprint density at radius 2 is 1.91 bits per heavy atom. The molecule has 0 atom stereocenters. The number of hydrogen-bond donors (Lipinski definition) is 2. The van der Waals surface area contributed by atoms with E-state index in [9.17, 15) is 15.0 Å². The number of pyridine rings is 1. The third kappa shape index (κ3) is 2.68. The smallest absolute Gasteiger partial charge is 0.263 e. The molecule has 2 N–H and O–H groups in total. The molecule has 3 rings (SSSR count). The second-order valence-corrected chi connectivity index (χ2v) is 5.11. The number of phenolic OH excluding ortho intramolecular Hbond substituents is 1. The van der Waals surface area contributed by atoms with Gasteiger partial charge in [-0.25, -0.2) is 0 Å². The van der Waals surface area contributed by atoms with Crippen LogP contribution in [0, 0.1) is 0 Å². The molecule has 23 heavy (non-hydrogen) atoms. The molecule has 1 heterocycles. The molecule has 0 bridgehead atoms. The van der Waals surface area contributed by atoms with Crippen LogP contribution in [0.25, 0.3) is 10.9 Å². The van der Waals surface area contributed by atoms with E-state index in [1.54, 1.807) is 28.8 Å². The molecule has 5 heteroatoms. The summed E-state index contributed by atoms with van der Waals surface area (Å²) >= 11 is 0. The number of phenols is 1. The molecule has 1 aromatic heterocycles. The maximum absolute atomic E-state index is 12.6. The van der Waals surface area contributed by atoms with Gasteiger partial charge >= 0.3 is 0 Å². The summed E-state index contributed by atoms with van der Waals surface area (Å²) in [4.78, 5) is 16.8. The molecule has 3 aromatic rings. The molecule has 0 unspecified atom stereocenters. The van der Waals surface area contributed by atoms with E-state index in [4.69, 9.17) is 0 Å². The summed E-state index contributed by atoms with van der Waals surface area (Å²) in [6, 6.07) is 13.6. The highest BCUT2D eigenvalue weighted by Crippen LogP contribution is 2.26. The molecule has 0 spiro atoms. The predicted octanol–water partition coefficient (Wildman–Crippen LogP) is 3.18. The van der Waals surface area contributed by atoms with Gasteiger partial charge in [0.1, 0.15) is 17.1 Å². The zero-order valence-electron chi connectivity index (χ0n) is 12.6. The van der Waals surface area contributed by atoms with Gasteiger partial charge in [-0.3, -0.25) is 9.79 Å². The summed E-state index contributed by atoms with van der Waals surface area (Å²) in [6.07, 6.45) is 1.34. The minimum Gasteiger partial charge on any atom is -0.508 e. The van der Waals surface area contributed by atoms with Crippen molar-refractivity contribution in [2.45, 2.75) is 13.5 Å². The normalized spacial score (nSPS) is 11.3. The lowest BCUT2D eigenvalue weighted by Gasteiger charge is -2.11. The maximum atomic E-state index is 12.6. The lowest BCUT2D eigenvalue weighted by molar-refractivity contribution is 0.475. The number of nitrogens with zero attached hydrogens (tertiary/aromatic N) is 2. The lowest BCUT2D eigenvalue weighted by Crippen LogP contribution is -2.23. The van der Waals surface area contributed by atoms with Crippen molar-refractivity contribution in [1.29, 1.82) is 0 Å². The summed E-state index contributed by atoms with van der Waals surface area (Å²) in [6.45, 7) is 2.37. The van der Waals surface area contributed by atoms with Crippen LogP contribution in [-0.4, -0.2) is 21.0 Å². The van der Waals surface area contributed by atoms with Crippen LogP contribution in [0.4, 0.5) is 5.69 Å². The van der Waals surface area contributed by atoms with E-state index in [2.05, 4.69) is 4.99 Å². The Kier molecular flexibility index (Phi) is 3.85. The summed E-state index contributed by atoms with van der Waals surface area (Å²) in [5.41, 5.74) is 1.02. The molecule has 116 valence electrons. The fourth-order valence-electron chi connectivity index (χ4n) is 2.55. The third-order valence-corrected chi connectivity index (χ3v) is 3.67. The van der Waals surface area contributed by atoms with Gasteiger partial charge in [-0.1, -0.05) is 18.2 Å². The Balaban J connectivity index is 2.20. The quantitative estimate of drug-likeness (QED) is 0.730. The largest absolute Gasteiger partial charge is 0.508 e. The van der Waals surface area contributed by atoms with Gasteiger partial charge < -0.3 is 14.8 Å². The van der Waals surface area contributed by atoms with Gasteiger partial charge in [0.15, 0.2) is 0 Å². The SMILES string of the molecule is CCn1c(=O)c(C=Nc2cccc(O)c2)c(O)c2ccccc21. The van der Waals surface area contributed by atoms with Gasteiger partial charge in [-0.15, -0.1) is 0 Å². The van der Waals surface area contributed by atoms with E-state index in [0.717, 1.165) is 0 Å². The van der Waals surface area contributed by atoms with E-state index in [1.807, 2.05) is 19.1 Å². The van der Waals surface area contributed by atoms with Crippen LogP contribution >= 0.6 is 0 Å². The van der Waals surface area contributed by atoms with Crippen molar-refractivity contribution in [3.63, 3.8) is 0 Å². The van der Waals surface area contributed by atoms with Crippen molar-refractivity contribution in [2.75, 3.05) is 0 Å². The Labute approximate surface area is 132 Å². The van der Waals surface area contributed by atoms with Crippen LogP contribution in [0.15, 0.2) is 58.3 Å². The monoisotopic (exact) mass is 308 g/mol. The highest BCUT2D eigenvalue weighted by atomic mass is 16.3. The molecule has 0 aliphatic rings. The number of fused-ring (bicyclic) bond motifs is 1. The van der Waals surface area contributed by atoms with Gasteiger partial charge in [-0.2, -0.15) is 0 Å². The van der Waals surface area contributed by atoms with Crippen molar-refractivity contribution < 1.29 is 10.2 Å². The molecule has 0 aliphatic carbocycles. The first-order valence-corrected chi connectivity index (χ1v) is 7.29. The molecule has 0 saturated heterocycles. The fourth-order valence-corrected chi connectivity index (χ4v) is 2.55. The number of aromatic nitrogens is 1. The molecule has 0 aliphatic heterocycles. The molecular weight excluding hydrogens is 292 g/mol. The first kappa shape index (κ1) is 14.8. The van der Waals surface area contributed by atoms with Gasteiger partial charge in [0.05, 0.1) is 11.2 Å². The number of aryl methyl sites for hydroxylation is 1.